The molecule has 0 radical (unpaired) electrons. The molecule has 0 aliphatic heterocycles. The van der Waals surface area contributed by atoms with Gasteiger partial charge in [-0.3, -0.25) is 4.79 Å². The Bertz CT molecular complexity index is 681. The molecule has 0 aliphatic rings. The molecule has 0 saturated heterocycles. The monoisotopic (exact) mass is 392 g/mol. The van der Waals surface area contributed by atoms with Gasteiger partial charge in [-0.25, -0.2) is 8.42 Å². The number of halogens is 1. The van der Waals surface area contributed by atoms with Crippen LogP contribution in [-0.2, 0) is 19.6 Å². The molecule has 1 aromatic rings. The van der Waals surface area contributed by atoms with E-state index in [1.165, 1.54) is 25.3 Å². The number of nitrogens with zero attached hydrogens (tertiary/aromatic N) is 1. The second kappa shape index (κ2) is 9.96. The van der Waals surface area contributed by atoms with E-state index in [1.807, 2.05) is 6.92 Å². The summed E-state index contributed by atoms with van der Waals surface area (Å²) >= 11 is 6.07. The van der Waals surface area contributed by atoms with E-state index < -0.39 is 15.9 Å². The third-order valence-electron chi connectivity index (χ3n) is 3.34. The van der Waals surface area contributed by atoms with Gasteiger partial charge in [0, 0.05) is 19.7 Å². The number of likely N-dealkylation sites (N-methyl/N-ethyl adjacent to an activating group) is 1. The Morgan fingerprint density at radius 3 is 2.56 bits per heavy atom. The summed E-state index contributed by atoms with van der Waals surface area (Å²) < 4.78 is 36.8. The maximum atomic E-state index is 12.8. The zero-order valence-corrected chi connectivity index (χ0v) is 16.5. The number of methoxy groups -OCH3 is 1. The number of benzene rings is 1. The molecular formula is C16H25ClN2O5S. The Kier molecular flexibility index (Phi) is 8.64. The van der Waals surface area contributed by atoms with Gasteiger partial charge in [-0.2, -0.15) is 4.31 Å². The quantitative estimate of drug-likeness (QED) is 0.657. The maximum Gasteiger partial charge on any atom is 0.243 e. The molecule has 0 aliphatic carbocycles. The van der Waals surface area contributed by atoms with Gasteiger partial charge in [0.25, 0.3) is 0 Å². The summed E-state index contributed by atoms with van der Waals surface area (Å²) in [6, 6.07) is 4.04. The highest BCUT2D eigenvalue weighted by Gasteiger charge is 2.26. The predicted octanol–water partition coefficient (Wildman–Crippen LogP) is 1.90. The first kappa shape index (κ1) is 21.7. The number of ether oxygens (including phenoxy) is 2. The number of amides is 1. The summed E-state index contributed by atoms with van der Waals surface area (Å²) in [6.07, 6.45) is 0. The van der Waals surface area contributed by atoms with E-state index in [9.17, 15) is 13.2 Å². The molecule has 0 saturated carbocycles. The number of sulfonamides is 1. The van der Waals surface area contributed by atoms with E-state index >= 15 is 0 Å². The average Bonchev–Trinajstić information content (AvgIpc) is 2.54. The van der Waals surface area contributed by atoms with Crippen LogP contribution in [0.4, 0.5) is 0 Å². The third kappa shape index (κ3) is 6.14. The minimum Gasteiger partial charge on any atom is -0.492 e. The molecule has 0 fully saturated rings. The summed E-state index contributed by atoms with van der Waals surface area (Å²) in [7, 11) is -2.32. The Labute approximate surface area is 154 Å². The van der Waals surface area contributed by atoms with E-state index in [2.05, 4.69) is 5.32 Å². The normalized spacial score (nSPS) is 12.9. The van der Waals surface area contributed by atoms with Gasteiger partial charge < -0.3 is 14.8 Å². The average molecular weight is 393 g/mol. The molecule has 1 N–H and O–H groups in total. The molecule has 1 amide bonds. The minimum atomic E-state index is -3.85. The van der Waals surface area contributed by atoms with E-state index in [4.69, 9.17) is 21.1 Å². The van der Waals surface area contributed by atoms with Crippen molar-refractivity contribution in [2.75, 3.05) is 33.4 Å². The molecule has 0 aromatic heterocycles. The number of carbonyl (C=O) groups excluding carboxylic acids is 1. The highest BCUT2D eigenvalue weighted by atomic mass is 35.5. The zero-order chi connectivity index (χ0) is 19.0. The summed E-state index contributed by atoms with van der Waals surface area (Å²) in [5.41, 5.74) is 0. The van der Waals surface area contributed by atoms with Crippen LogP contribution in [0.1, 0.15) is 20.8 Å². The van der Waals surface area contributed by atoms with Crippen molar-refractivity contribution in [2.24, 2.45) is 0 Å². The molecule has 0 bridgehead atoms. The Morgan fingerprint density at radius 2 is 2.04 bits per heavy atom. The fourth-order valence-corrected chi connectivity index (χ4v) is 3.93. The van der Waals surface area contributed by atoms with Crippen molar-refractivity contribution in [1.82, 2.24) is 9.62 Å². The highest BCUT2D eigenvalue weighted by Crippen LogP contribution is 2.28. The first-order valence-electron chi connectivity index (χ1n) is 7.97. The summed E-state index contributed by atoms with van der Waals surface area (Å²) in [6.45, 7) is 5.89. The lowest BCUT2D eigenvalue weighted by Gasteiger charge is -2.21. The highest BCUT2D eigenvalue weighted by molar-refractivity contribution is 7.89. The van der Waals surface area contributed by atoms with Gasteiger partial charge in [0.1, 0.15) is 5.75 Å². The largest absolute Gasteiger partial charge is 0.492 e. The van der Waals surface area contributed by atoms with E-state index in [0.29, 0.717) is 19.0 Å². The predicted molar refractivity (Wildman–Crippen MR) is 96.5 cm³/mol. The molecule has 0 spiro atoms. The molecule has 25 heavy (non-hydrogen) atoms. The molecule has 142 valence electrons. The van der Waals surface area contributed by atoms with Crippen LogP contribution in [0.15, 0.2) is 23.1 Å². The van der Waals surface area contributed by atoms with Crippen molar-refractivity contribution >= 4 is 27.5 Å². The molecule has 0 unspecified atom stereocenters. The summed E-state index contributed by atoms with van der Waals surface area (Å²) in [4.78, 5) is 12.1. The minimum absolute atomic E-state index is 0.0144. The summed E-state index contributed by atoms with van der Waals surface area (Å²) in [5, 5.41) is 2.90. The lowest BCUT2D eigenvalue weighted by atomic mass is 10.3. The smallest absolute Gasteiger partial charge is 0.243 e. The van der Waals surface area contributed by atoms with Crippen molar-refractivity contribution in [3.63, 3.8) is 0 Å². The van der Waals surface area contributed by atoms with Gasteiger partial charge in [0.15, 0.2) is 0 Å². The van der Waals surface area contributed by atoms with Crippen LogP contribution in [-0.4, -0.2) is 58.1 Å². The fraction of sp³-hybridized carbons (Fsp3) is 0.562. The van der Waals surface area contributed by atoms with Crippen molar-refractivity contribution in [1.29, 1.82) is 0 Å². The Morgan fingerprint density at radius 1 is 1.36 bits per heavy atom. The SMILES string of the molecule is CCOc1ccc(S(=O)(=O)N(CC)CC(=O)N[C@H](C)COC)cc1Cl. The molecule has 7 nitrogen and oxygen atoms in total. The number of nitrogens with one attached hydrogen (secondary N) is 1. The maximum absolute atomic E-state index is 12.8. The Balaban J connectivity index is 2.93. The van der Waals surface area contributed by atoms with Crippen LogP contribution in [0.5, 0.6) is 5.75 Å². The van der Waals surface area contributed by atoms with E-state index in [1.54, 1.807) is 13.8 Å². The van der Waals surface area contributed by atoms with Crippen molar-refractivity contribution in [3.05, 3.63) is 23.2 Å². The standard InChI is InChI=1S/C16H25ClN2O5S/c1-5-19(10-16(20)18-12(3)11-23-4)25(21,22)13-7-8-15(24-6-2)14(17)9-13/h7-9,12H,5-6,10-11H2,1-4H3,(H,18,20)/t12-/m1/s1. The zero-order valence-electron chi connectivity index (χ0n) is 14.9. The molecule has 1 aromatic carbocycles. The van der Waals surface area contributed by atoms with Gasteiger partial charge in [-0.05, 0) is 32.0 Å². The Hall–Kier alpha value is -1.35. The summed E-state index contributed by atoms with van der Waals surface area (Å²) in [5.74, 6) is 0.0179. The van der Waals surface area contributed by atoms with Gasteiger partial charge in [0.2, 0.25) is 15.9 Å². The third-order valence-corrected chi connectivity index (χ3v) is 5.55. The molecule has 1 atom stereocenters. The first-order valence-corrected chi connectivity index (χ1v) is 9.78. The van der Waals surface area contributed by atoms with Crippen molar-refractivity contribution in [2.45, 2.75) is 31.7 Å². The number of hydrogen-bond donors (Lipinski definition) is 1. The van der Waals surface area contributed by atoms with Crippen LogP contribution in [0.3, 0.4) is 0 Å². The second-order valence-corrected chi connectivity index (χ2v) is 7.73. The van der Waals surface area contributed by atoms with Crippen molar-refractivity contribution < 1.29 is 22.7 Å². The molecule has 9 heteroatoms. The van der Waals surface area contributed by atoms with E-state index in [0.717, 1.165) is 4.31 Å². The van der Waals surface area contributed by atoms with Gasteiger partial charge in [-0.15, -0.1) is 0 Å². The van der Waals surface area contributed by atoms with Crippen LogP contribution in [0.25, 0.3) is 0 Å². The van der Waals surface area contributed by atoms with Crippen LogP contribution in [0, 0.1) is 0 Å². The topological polar surface area (TPSA) is 84.9 Å². The number of hydrogen-bond acceptors (Lipinski definition) is 5. The lowest BCUT2D eigenvalue weighted by molar-refractivity contribution is -0.122. The van der Waals surface area contributed by atoms with Gasteiger partial charge >= 0.3 is 0 Å². The fourth-order valence-electron chi connectivity index (χ4n) is 2.20. The van der Waals surface area contributed by atoms with Gasteiger partial charge in [-0.1, -0.05) is 18.5 Å². The number of carbonyl (C=O) groups is 1. The molecule has 0 heterocycles. The van der Waals surface area contributed by atoms with Gasteiger partial charge in [0.05, 0.1) is 29.7 Å². The number of rotatable bonds is 10. The van der Waals surface area contributed by atoms with Crippen LogP contribution in [0.2, 0.25) is 5.02 Å². The van der Waals surface area contributed by atoms with Crippen LogP contribution >= 0.6 is 11.6 Å². The lowest BCUT2D eigenvalue weighted by Crippen LogP contribution is -2.44. The van der Waals surface area contributed by atoms with Crippen molar-refractivity contribution in [3.8, 4) is 5.75 Å². The first-order chi connectivity index (χ1) is 11.8. The van der Waals surface area contributed by atoms with E-state index in [-0.39, 0.29) is 29.0 Å². The van der Waals surface area contributed by atoms with Crippen LogP contribution < -0.4 is 10.1 Å². The second-order valence-electron chi connectivity index (χ2n) is 5.38. The molecule has 1 rings (SSSR count). The molecular weight excluding hydrogens is 368 g/mol.